The lowest BCUT2D eigenvalue weighted by Crippen LogP contribution is -2.31. The van der Waals surface area contributed by atoms with E-state index in [2.05, 4.69) is 11.0 Å². The van der Waals surface area contributed by atoms with Crippen LogP contribution in [0.15, 0.2) is 18.2 Å². The average molecular weight is 234 g/mol. The number of nitrogen functional groups attached to an aromatic ring is 1. The van der Waals surface area contributed by atoms with E-state index in [0.717, 1.165) is 44.6 Å². The molecule has 1 aromatic carbocycles. The van der Waals surface area contributed by atoms with Crippen LogP contribution in [0.4, 0.5) is 5.69 Å². The number of hydrogen-bond donors (Lipinski definition) is 2. The van der Waals surface area contributed by atoms with Gasteiger partial charge in [0.25, 0.3) is 0 Å². The molecule has 0 spiro atoms. The lowest BCUT2D eigenvalue weighted by Gasteiger charge is -2.29. The van der Waals surface area contributed by atoms with Crippen molar-refractivity contribution in [3.63, 3.8) is 0 Å². The third-order valence-corrected chi connectivity index (χ3v) is 3.51. The van der Waals surface area contributed by atoms with Gasteiger partial charge in [-0.15, -0.1) is 0 Å². The van der Waals surface area contributed by atoms with Gasteiger partial charge in [-0.1, -0.05) is 12.1 Å². The van der Waals surface area contributed by atoms with E-state index >= 15 is 0 Å². The molecule has 0 aliphatic carbocycles. The zero-order chi connectivity index (χ0) is 12.1. The minimum atomic E-state index is 0.319. The predicted molar refractivity (Wildman–Crippen MR) is 70.8 cm³/mol. The minimum absolute atomic E-state index is 0.319. The number of hydrogen-bond acceptors (Lipinski definition) is 3. The van der Waals surface area contributed by atoms with Crippen molar-refractivity contribution in [2.75, 3.05) is 25.4 Å². The highest BCUT2D eigenvalue weighted by atomic mass is 16.2. The predicted octanol–water partition coefficient (Wildman–Crippen LogP) is 1.79. The van der Waals surface area contributed by atoms with Gasteiger partial charge in [0.15, 0.2) is 0 Å². The Balaban J connectivity index is 1.86. The van der Waals surface area contributed by atoms with Gasteiger partial charge in [0.05, 0.1) is 0 Å². The molecule has 1 heterocycles. The van der Waals surface area contributed by atoms with Crippen LogP contribution < -0.4 is 5.73 Å². The molecule has 0 bridgehead atoms. The van der Waals surface area contributed by atoms with Gasteiger partial charge in [0.1, 0.15) is 0 Å². The summed E-state index contributed by atoms with van der Waals surface area (Å²) in [6.45, 7) is 3.59. The standard InChI is InChI=1S/C14H22N2O/c15-14-6-4-5-12-11-16(9-7-13(12)14)8-2-1-3-10-17/h4-6,17H,1-3,7-11,15H2. The molecule has 3 N–H and O–H groups in total. The molecule has 0 saturated carbocycles. The first kappa shape index (κ1) is 12.4. The third-order valence-electron chi connectivity index (χ3n) is 3.51. The molecular formula is C14H22N2O. The summed E-state index contributed by atoms with van der Waals surface area (Å²) in [4.78, 5) is 2.49. The van der Waals surface area contributed by atoms with Gasteiger partial charge in [-0.2, -0.15) is 0 Å². The minimum Gasteiger partial charge on any atom is -0.398 e. The number of nitrogens with two attached hydrogens (primary N) is 1. The average Bonchev–Trinajstić information content (AvgIpc) is 2.35. The second kappa shape index (κ2) is 6.03. The first-order valence-corrected chi connectivity index (χ1v) is 6.50. The number of rotatable bonds is 5. The molecule has 17 heavy (non-hydrogen) atoms. The number of fused-ring (bicyclic) bond motifs is 1. The summed E-state index contributed by atoms with van der Waals surface area (Å²) in [5.41, 5.74) is 9.66. The summed E-state index contributed by atoms with van der Waals surface area (Å²) in [5.74, 6) is 0. The van der Waals surface area contributed by atoms with Gasteiger partial charge >= 0.3 is 0 Å². The second-order valence-corrected chi connectivity index (χ2v) is 4.80. The van der Waals surface area contributed by atoms with Crippen molar-refractivity contribution in [1.29, 1.82) is 0 Å². The van der Waals surface area contributed by atoms with Crippen LogP contribution in [0.1, 0.15) is 30.4 Å². The van der Waals surface area contributed by atoms with E-state index in [4.69, 9.17) is 10.8 Å². The Morgan fingerprint density at radius 3 is 2.94 bits per heavy atom. The Hall–Kier alpha value is -1.06. The van der Waals surface area contributed by atoms with Gasteiger partial charge in [-0.25, -0.2) is 0 Å². The number of aliphatic hydroxyl groups is 1. The summed E-state index contributed by atoms with van der Waals surface area (Å²) in [6, 6.07) is 6.23. The highest BCUT2D eigenvalue weighted by Gasteiger charge is 2.16. The number of aliphatic hydroxyl groups excluding tert-OH is 1. The van der Waals surface area contributed by atoms with E-state index < -0.39 is 0 Å². The Kier molecular flexibility index (Phi) is 4.40. The monoisotopic (exact) mass is 234 g/mol. The maximum atomic E-state index is 8.74. The number of nitrogens with zero attached hydrogens (tertiary/aromatic N) is 1. The maximum absolute atomic E-state index is 8.74. The Morgan fingerprint density at radius 1 is 1.24 bits per heavy atom. The van der Waals surface area contributed by atoms with Crippen LogP contribution in [-0.4, -0.2) is 29.7 Å². The van der Waals surface area contributed by atoms with E-state index in [9.17, 15) is 0 Å². The topological polar surface area (TPSA) is 49.5 Å². The van der Waals surface area contributed by atoms with Crippen LogP contribution >= 0.6 is 0 Å². The molecule has 94 valence electrons. The van der Waals surface area contributed by atoms with Crippen LogP contribution in [0.5, 0.6) is 0 Å². The molecule has 2 rings (SSSR count). The second-order valence-electron chi connectivity index (χ2n) is 4.80. The Morgan fingerprint density at radius 2 is 2.12 bits per heavy atom. The first-order chi connectivity index (χ1) is 8.31. The van der Waals surface area contributed by atoms with E-state index in [1.165, 1.54) is 17.5 Å². The molecule has 1 aromatic rings. The normalized spacial score (nSPS) is 15.8. The quantitative estimate of drug-likeness (QED) is 0.603. The lowest BCUT2D eigenvalue weighted by atomic mass is 9.98. The molecule has 0 saturated heterocycles. The summed E-state index contributed by atoms with van der Waals surface area (Å²) < 4.78 is 0. The maximum Gasteiger partial charge on any atom is 0.0431 e. The van der Waals surface area contributed by atoms with Crippen molar-refractivity contribution < 1.29 is 5.11 Å². The number of unbranched alkanes of at least 4 members (excludes halogenated alkanes) is 2. The van der Waals surface area contributed by atoms with Crippen molar-refractivity contribution >= 4 is 5.69 Å². The molecule has 0 aromatic heterocycles. The summed E-state index contributed by atoms with van der Waals surface area (Å²) in [5, 5.41) is 8.74. The largest absolute Gasteiger partial charge is 0.398 e. The highest BCUT2D eigenvalue weighted by molar-refractivity contribution is 5.51. The van der Waals surface area contributed by atoms with Crippen LogP contribution in [0, 0.1) is 0 Å². The van der Waals surface area contributed by atoms with Gasteiger partial charge in [0.2, 0.25) is 0 Å². The number of benzene rings is 1. The Labute approximate surface area is 103 Å². The zero-order valence-corrected chi connectivity index (χ0v) is 10.4. The van der Waals surface area contributed by atoms with Gasteiger partial charge in [-0.05, 0) is 49.4 Å². The molecule has 3 nitrogen and oxygen atoms in total. The SMILES string of the molecule is Nc1cccc2c1CCN(CCCCCO)C2. The molecule has 3 heteroatoms. The zero-order valence-electron chi connectivity index (χ0n) is 10.4. The molecule has 0 fully saturated rings. The van der Waals surface area contributed by atoms with Crippen LogP contribution in [0.3, 0.4) is 0 Å². The van der Waals surface area contributed by atoms with Gasteiger partial charge in [-0.3, -0.25) is 4.90 Å². The smallest absolute Gasteiger partial charge is 0.0431 e. The summed E-state index contributed by atoms with van der Waals surface area (Å²) >= 11 is 0. The highest BCUT2D eigenvalue weighted by Crippen LogP contribution is 2.24. The van der Waals surface area contributed by atoms with E-state index in [1.54, 1.807) is 0 Å². The third kappa shape index (κ3) is 3.20. The molecule has 0 unspecified atom stereocenters. The molecule has 0 amide bonds. The van der Waals surface area contributed by atoms with Gasteiger partial charge < -0.3 is 10.8 Å². The lowest BCUT2D eigenvalue weighted by molar-refractivity contribution is 0.239. The van der Waals surface area contributed by atoms with Crippen LogP contribution in [0.2, 0.25) is 0 Å². The van der Waals surface area contributed by atoms with Crippen molar-refractivity contribution in [2.24, 2.45) is 0 Å². The molecule has 0 radical (unpaired) electrons. The number of anilines is 1. The fraction of sp³-hybridized carbons (Fsp3) is 0.571. The van der Waals surface area contributed by atoms with Crippen LogP contribution in [-0.2, 0) is 13.0 Å². The van der Waals surface area contributed by atoms with E-state index in [-0.39, 0.29) is 0 Å². The molecule has 1 aliphatic rings. The summed E-state index contributed by atoms with van der Waals surface area (Å²) in [7, 11) is 0. The Bertz CT molecular complexity index is 365. The van der Waals surface area contributed by atoms with Crippen LogP contribution in [0.25, 0.3) is 0 Å². The fourth-order valence-corrected chi connectivity index (χ4v) is 2.51. The first-order valence-electron chi connectivity index (χ1n) is 6.50. The molecule has 0 atom stereocenters. The van der Waals surface area contributed by atoms with E-state index in [0.29, 0.717) is 6.61 Å². The van der Waals surface area contributed by atoms with E-state index in [1.807, 2.05) is 12.1 Å². The summed E-state index contributed by atoms with van der Waals surface area (Å²) in [6.07, 6.45) is 4.30. The molecule has 1 aliphatic heterocycles. The van der Waals surface area contributed by atoms with Gasteiger partial charge in [0, 0.05) is 25.4 Å². The molecular weight excluding hydrogens is 212 g/mol. The van der Waals surface area contributed by atoms with Crippen molar-refractivity contribution in [3.05, 3.63) is 29.3 Å². The van der Waals surface area contributed by atoms with Crippen molar-refractivity contribution in [2.45, 2.75) is 32.2 Å². The van der Waals surface area contributed by atoms with Crippen molar-refractivity contribution in [1.82, 2.24) is 4.90 Å². The fourth-order valence-electron chi connectivity index (χ4n) is 2.51. The van der Waals surface area contributed by atoms with Crippen molar-refractivity contribution in [3.8, 4) is 0 Å².